The Bertz CT molecular complexity index is 628. The van der Waals surface area contributed by atoms with E-state index in [0.29, 0.717) is 17.2 Å². The summed E-state index contributed by atoms with van der Waals surface area (Å²) in [7, 11) is 0. The number of rotatable bonds is 6. The Morgan fingerprint density at radius 2 is 1.55 bits per heavy atom. The Labute approximate surface area is 168 Å². The van der Waals surface area contributed by atoms with E-state index in [9.17, 15) is 27.6 Å². The molecule has 0 spiro atoms. The molecule has 3 rings (SSSR count). The first-order valence-electron chi connectivity index (χ1n) is 10.7. The van der Waals surface area contributed by atoms with Gasteiger partial charge in [0.15, 0.2) is 0 Å². The van der Waals surface area contributed by atoms with Crippen LogP contribution in [0, 0.1) is 11.8 Å². The molecule has 0 aromatic rings. The highest BCUT2D eigenvalue weighted by atomic mass is 19.4. The Kier molecular flexibility index (Phi) is 6.73. The van der Waals surface area contributed by atoms with Crippen molar-refractivity contribution in [1.29, 1.82) is 0 Å². The summed E-state index contributed by atoms with van der Waals surface area (Å²) in [5.74, 6) is -1.95. The molecule has 4 amide bonds. The summed E-state index contributed by atoms with van der Waals surface area (Å²) in [4.78, 5) is 37.9. The van der Waals surface area contributed by atoms with Crippen molar-refractivity contribution in [2.75, 3.05) is 6.54 Å². The molecule has 0 bridgehead atoms. The van der Waals surface area contributed by atoms with Crippen molar-refractivity contribution < 1.29 is 27.6 Å². The van der Waals surface area contributed by atoms with Gasteiger partial charge in [0.1, 0.15) is 0 Å². The van der Waals surface area contributed by atoms with Crippen LogP contribution >= 0.6 is 0 Å². The number of urea groups is 1. The van der Waals surface area contributed by atoms with Gasteiger partial charge in [0.2, 0.25) is 5.91 Å². The van der Waals surface area contributed by atoms with Crippen LogP contribution in [-0.2, 0) is 9.59 Å². The summed E-state index contributed by atoms with van der Waals surface area (Å²) in [6.45, 7) is -0.0412. The molecule has 1 aliphatic heterocycles. The fourth-order valence-corrected chi connectivity index (χ4v) is 4.80. The third kappa shape index (κ3) is 4.86. The van der Waals surface area contributed by atoms with E-state index in [1.807, 2.05) is 5.32 Å². The monoisotopic (exact) mass is 417 g/mol. The fraction of sp³-hybridized carbons (Fsp3) is 0.850. The van der Waals surface area contributed by atoms with Crippen LogP contribution in [0.5, 0.6) is 0 Å². The molecule has 0 aromatic heterocycles. The van der Waals surface area contributed by atoms with Gasteiger partial charge in [0, 0.05) is 13.0 Å². The molecule has 164 valence electrons. The molecule has 1 heterocycles. The molecule has 2 N–H and O–H groups in total. The van der Waals surface area contributed by atoms with Crippen molar-refractivity contribution in [2.45, 2.75) is 88.9 Å². The highest BCUT2D eigenvalue weighted by Crippen LogP contribution is 2.35. The highest BCUT2D eigenvalue weighted by molar-refractivity contribution is 6.08. The highest BCUT2D eigenvalue weighted by Gasteiger charge is 2.68. The van der Waals surface area contributed by atoms with Crippen LogP contribution in [0.25, 0.3) is 0 Å². The summed E-state index contributed by atoms with van der Waals surface area (Å²) < 4.78 is 41.6. The van der Waals surface area contributed by atoms with Gasteiger partial charge in [0.05, 0.1) is 0 Å². The van der Waals surface area contributed by atoms with Crippen LogP contribution in [0.4, 0.5) is 18.0 Å². The first kappa shape index (κ1) is 21.9. The van der Waals surface area contributed by atoms with Crippen molar-refractivity contribution in [3.05, 3.63) is 0 Å². The number of hydrogen-bond acceptors (Lipinski definition) is 3. The Morgan fingerprint density at radius 1 is 1.00 bits per heavy atom. The predicted octanol–water partition coefficient (Wildman–Crippen LogP) is 3.85. The minimum atomic E-state index is -5.12. The van der Waals surface area contributed by atoms with E-state index in [1.165, 1.54) is 0 Å². The van der Waals surface area contributed by atoms with Crippen molar-refractivity contribution in [2.24, 2.45) is 11.8 Å². The second kappa shape index (κ2) is 8.92. The largest absolute Gasteiger partial charge is 0.440 e. The molecule has 3 aliphatic rings. The number of imide groups is 1. The first-order chi connectivity index (χ1) is 13.7. The summed E-state index contributed by atoms with van der Waals surface area (Å²) in [6.07, 6.45) is 5.03. The molecule has 2 aliphatic carbocycles. The van der Waals surface area contributed by atoms with Crippen LogP contribution in [0.2, 0.25) is 0 Å². The molecule has 1 atom stereocenters. The maximum absolute atomic E-state index is 13.9. The van der Waals surface area contributed by atoms with E-state index in [2.05, 4.69) is 0 Å². The average Bonchev–Trinajstić information content (AvgIpc) is 2.93. The van der Waals surface area contributed by atoms with Gasteiger partial charge in [-0.2, -0.15) is 13.2 Å². The number of carbonyl (C=O) groups excluding carboxylic acids is 3. The predicted molar refractivity (Wildman–Crippen MR) is 99.6 cm³/mol. The molecule has 6 nitrogen and oxygen atoms in total. The smallest absolute Gasteiger partial charge is 0.318 e. The standard InChI is InChI=1S/C20H30F3N3O3/c21-20(22,23)19(24-16(27)12-11-14-7-3-1-4-8-14)17(28)26(18(29)25-19)13-15-9-5-2-6-10-15/h14-15H,1-13H2,(H,24,27)(H,25,29)/t19-/m0/s1. The number of halogens is 3. The third-order valence-electron chi connectivity index (χ3n) is 6.53. The number of alkyl halides is 3. The van der Waals surface area contributed by atoms with Gasteiger partial charge in [-0.25, -0.2) is 4.79 Å². The second-order valence-corrected chi connectivity index (χ2v) is 8.69. The number of amides is 4. The first-order valence-corrected chi connectivity index (χ1v) is 10.7. The van der Waals surface area contributed by atoms with Crippen molar-refractivity contribution >= 4 is 17.8 Å². The Balaban J connectivity index is 1.66. The van der Waals surface area contributed by atoms with Crippen LogP contribution in [-0.4, -0.2) is 41.1 Å². The molecule has 0 unspecified atom stereocenters. The summed E-state index contributed by atoms with van der Waals surface area (Å²) in [5.41, 5.74) is -3.36. The molecule has 0 aromatic carbocycles. The van der Waals surface area contributed by atoms with E-state index in [0.717, 1.165) is 64.2 Å². The van der Waals surface area contributed by atoms with Crippen LogP contribution < -0.4 is 10.6 Å². The van der Waals surface area contributed by atoms with E-state index < -0.39 is 29.7 Å². The van der Waals surface area contributed by atoms with Crippen LogP contribution in [0.15, 0.2) is 0 Å². The molecule has 9 heteroatoms. The van der Waals surface area contributed by atoms with E-state index >= 15 is 0 Å². The van der Waals surface area contributed by atoms with Gasteiger partial charge in [0.25, 0.3) is 11.6 Å². The summed E-state index contributed by atoms with van der Waals surface area (Å²) in [6, 6.07) is -1.09. The van der Waals surface area contributed by atoms with Crippen LogP contribution in [0.1, 0.15) is 77.0 Å². The average molecular weight is 417 g/mol. The third-order valence-corrected chi connectivity index (χ3v) is 6.53. The zero-order valence-electron chi connectivity index (χ0n) is 16.7. The van der Waals surface area contributed by atoms with Gasteiger partial charge >= 0.3 is 12.2 Å². The van der Waals surface area contributed by atoms with E-state index in [4.69, 9.17) is 0 Å². The van der Waals surface area contributed by atoms with Gasteiger partial charge in [-0.3, -0.25) is 19.8 Å². The Hall–Kier alpha value is -1.80. The van der Waals surface area contributed by atoms with Crippen molar-refractivity contribution in [3.63, 3.8) is 0 Å². The minimum Gasteiger partial charge on any atom is -0.318 e. The quantitative estimate of drug-likeness (QED) is 0.645. The molecule has 1 saturated heterocycles. The lowest BCUT2D eigenvalue weighted by Gasteiger charge is -2.31. The molecular weight excluding hydrogens is 387 g/mol. The number of carbonyl (C=O) groups is 3. The Morgan fingerprint density at radius 3 is 2.10 bits per heavy atom. The lowest BCUT2D eigenvalue weighted by Crippen LogP contribution is -2.69. The lowest BCUT2D eigenvalue weighted by atomic mass is 9.86. The maximum Gasteiger partial charge on any atom is 0.440 e. The fourth-order valence-electron chi connectivity index (χ4n) is 4.80. The lowest BCUT2D eigenvalue weighted by molar-refractivity contribution is -0.204. The molecule has 3 fully saturated rings. The zero-order valence-corrected chi connectivity index (χ0v) is 16.7. The number of nitrogens with one attached hydrogen (secondary N) is 2. The van der Waals surface area contributed by atoms with Crippen molar-refractivity contribution in [3.8, 4) is 0 Å². The van der Waals surface area contributed by atoms with Gasteiger partial charge in [-0.1, -0.05) is 51.4 Å². The van der Waals surface area contributed by atoms with E-state index in [1.54, 1.807) is 5.32 Å². The number of nitrogens with zero attached hydrogens (tertiary/aromatic N) is 1. The molecule has 0 radical (unpaired) electrons. The normalized spacial score (nSPS) is 27.2. The topological polar surface area (TPSA) is 78.5 Å². The van der Waals surface area contributed by atoms with Crippen LogP contribution in [0.3, 0.4) is 0 Å². The maximum atomic E-state index is 13.9. The molecule has 29 heavy (non-hydrogen) atoms. The minimum absolute atomic E-state index is 0.00415. The summed E-state index contributed by atoms with van der Waals surface area (Å²) in [5, 5.41) is 3.58. The van der Waals surface area contributed by atoms with Gasteiger partial charge < -0.3 is 5.32 Å². The molecular formula is C20H30F3N3O3. The molecule has 2 saturated carbocycles. The SMILES string of the molecule is O=C(CCC1CCCCC1)N[C@]1(C(F)(F)F)NC(=O)N(CC2CCCCC2)C1=O. The van der Waals surface area contributed by atoms with E-state index in [-0.39, 0.29) is 18.9 Å². The second-order valence-electron chi connectivity index (χ2n) is 8.69. The van der Waals surface area contributed by atoms with Gasteiger partial charge in [-0.05, 0) is 31.1 Å². The number of hydrogen-bond donors (Lipinski definition) is 2. The van der Waals surface area contributed by atoms with Gasteiger partial charge in [-0.15, -0.1) is 0 Å². The zero-order chi connectivity index (χ0) is 21.1. The summed E-state index contributed by atoms with van der Waals surface area (Å²) >= 11 is 0. The van der Waals surface area contributed by atoms with Crippen molar-refractivity contribution in [1.82, 2.24) is 15.5 Å².